The molecule has 0 unspecified atom stereocenters. The zero-order valence-corrected chi connectivity index (χ0v) is 18.1. The van der Waals surface area contributed by atoms with Crippen molar-refractivity contribution in [1.29, 1.82) is 0 Å². The van der Waals surface area contributed by atoms with E-state index in [0.29, 0.717) is 5.56 Å². The third-order valence-electron chi connectivity index (χ3n) is 5.29. The number of benzene rings is 3. The van der Waals surface area contributed by atoms with Gasteiger partial charge >= 0.3 is 5.97 Å². The lowest BCUT2D eigenvalue weighted by Crippen LogP contribution is -2.54. The second-order valence-electron chi connectivity index (χ2n) is 7.17. The van der Waals surface area contributed by atoms with Gasteiger partial charge in [0.1, 0.15) is 0 Å². The molecule has 156 valence electrons. The van der Waals surface area contributed by atoms with Gasteiger partial charge in [-0.05, 0) is 30.2 Å². The Morgan fingerprint density at radius 1 is 0.900 bits per heavy atom. The van der Waals surface area contributed by atoms with Gasteiger partial charge in [0, 0.05) is 13.5 Å². The monoisotopic (exact) mass is 423 g/mol. The smallest absolute Gasteiger partial charge is 0.332 e. The molecule has 0 N–H and O–H groups in total. The Bertz CT molecular complexity index is 1100. The number of aryl methyl sites for hydroxylation is 1. The average Bonchev–Trinajstić information content (AvgIpc) is 2.78. The summed E-state index contributed by atoms with van der Waals surface area (Å²) in [5.41, 5.74) is 0.737. The molecule has 1 atom stereocenters. The van der Waals surface area contributed by atoms with E-state index >= 15 is 0 Å². The maximum absolute atomic E-state index is 13.6. The van der Waals surface area contributed by atoms with Crippen LogP contribution in [-0.4, -0.2) is 32.8 Å². The number of nitrogens with zero attached hydrogens (tertiary/aromatic N) is 1. The number of carbonyl (C=O) groups excluding carboxylic acids is 1. The second kappa shape index (κ2) is 8.81. The molecule has 0 aliphatic carbocycles. The van der Waals surface area contributed by atoms with Gasteiger partial charge in [-0.3, -0.25) is 0 Å². The van der Waals surface area contributed by atoms with Crippen LogP contribution in [0.25, 0.3) is 0 Å². The first-order valence-electron chi connectivity index (χ1n) is 9.56. The topological polar surface area (TPSA) is 63.7 Å². The first-order chi connectivity index (χ1) is 14.3. The van der Waals surface area contributed by atoms with Crippen molar-refractivity contribution in [2.75, 3.05) is 14.2 Å². The highest BCUT2D eigenvalue weighted by molar-refractivity contribution is 7.89. The number of rotatable bonds is 7. The van der Waals surface area contributed by atoms with Crippen molar-refractivity contribution in [2.24, 2.45) is 0 Å². The molecular weight excluding hydrogens is 398 g/mol. The van der Waals surface area contributed by atoms with E-state index in [-0.39, 0.29) is 11.3 Å². The van der Waals surface area contributed by atoms with Gasteiger partial charge in [0.05, 0.1) is 12.0 Å². The average molecular weight is 424 g/mol. The van der Waals surface area contributed by atoms with Crippen molar-refractivity contribution in [1.82, 2.24) is 4.31 Å². The zero-order chi connectivity index (χ0) is 21.8. The standard InChI is InChI=1S/C24H25NO4S/c1-19-14-16-22(17-15-19)30(27,28)25(2)24(23(26)29-3,21-12-8-5-9-13-21)18-20-10-6-4-7-11-20/h4-17H,18H2,1-3H3/t24-/m1/s1. The molecule has 0 fully saturated rings. The van der Waals surface area contributed by atoms with Crippen LogP contribution in [0.3, 0.4) is 0 Å². The lowest BCUT2D eigenvalue weighted by molar-refractivity contribution is -0.152. The molecule has 0 heterocycles. The van der Waals surface area contributed by atoms with Crippen molar-refractivity contribution in [3.8, 4) is 0 Å². The third kappa shape index (κ3) is 4.01. The van der Waals surface area contributed by atoms with Crippen LogP contribution in [0.15, 0.2) is 89.8 Å². The van der Waals surface area contributed by atoms with Crippen LogP contribution in [0.2, 0.25) is 0 Å². The highest BCUT2D eigenvalue weighted by Crippen LogP contribution is 2.37. The summed E-state index contributed by atoms with van der Waals surface area (Å²) >= 11 is 0. The van der Waals surface area contributed by atoms with Crippen LogP contribution < -0.4 is 0 Å². The molecule has 0 aromatic heterocycles. The Kier molecular flexibility index (Phi) is 6.39. The van der Waals surface area contributed by atoms with Crippen molar-refractivity contribution >= 4 is 16.0 Å². The highest BCUT2D eigenvalue weighted by atomic mass is 32.2. The fourth-order valence-electron chi connectivity index (χ4n) is 3.56. The predicted octanol–water partition coefficient (Wildman–Crippen LogP) is 3.93. The van der Waals surface area contributed by atoms with Crippen LogP contribution in [0.4, 0.5) is 0 Å². The lowest BCUT2D eigenvalue weighted by Gasteiger charge is -2.39. The fraction of sp³-hybridized carbons (Fsp3) is 0.208. The van der Waals surface area contributed by atoms with E-state index in [4.69, 9.17) is 4.74 Å². The molecular formula is C24H25NO4S. The zero-order valence-electron chi connectivity index (χ0n) is 17.3. The number of likely N-dealkylation sites (N-methyl/N-ethyl adjacent to an activating group) is 1. The Balaban J connectivity index is 2.23. The van der Waals surface area contributed by atoms with Crippen LogP contribution >= 0.6 is 0 Å². The first-order valence-corrected chi connectivity index (χ1v) is 11.0. The minimum Gasteiger partial charge on any atom is -0.467 e. The van der Waals surface area contributed by atoms with E-state index in [0.717, 1.165) is 15.4 Å². The molecule has 3 aromatic rings. The largest absolute Gasteiger partial charge is 0.467 e. The number of carbonyl (C=O) groups is 1. The minimum atomic E-state index is -4.00. The number of esters is 1. The SMILES string of the molecule is COC(=O)[C@@](Cc1ccccc1)(c1ccccc1)N(C)S(=O)(=O)c1ccc(C)cc1. The molecule has 6 heteroatoms. The Morgan fingerprint density at radius 3 is 1.97 bits per heavy atom. The van der Waals surface area contributed by atoms with E-state index in [1.165, 1.54) is 14.2 Å². The van der Waals surface area contributed by atoms with Crippen LogP contribution in [0, 0.1) is 6.92 Å². The van der Waals surface area contributed by atoms with Crippen molar-refractivity contribution in [2.45, 2.75) is 23.8 Å². The van der Waals surface area contributed by atoms with E-state index in [1.54, 1.807) is 48.5 Å². The molecule has 30 heavy (non-hydrogen) atoms. The summed E-state index contributed by atoms with van der Waals surface area (Å²) < 4.78 is 33.5. The van der Waals surface area contributed by atoms with E-state index in [2.05, 4.69) is 0 Å². The molecule has 5 nitrogen and oxygen atoms in total. The molecule has 0 aliphatic rings. The number of methoxy groups -OCH3 is 1. The number of hydrogen-bond donors (Lipinski definition) is 0. The Morgan fingerprint density at radius 2 is 1.43 bits per heavy atom. The molecule has 0 bridgehead atoms. The molecule has 0 radical (unpaired) electrons. The summed E-state index contributed by atoms with van der Waals surface area (Å²) in [6.07, 6.45) is 0.131. The van der Waals surface area contributed by atoms with Crippen molar-refractivity contribution in [3.05, 3.63) is 102 Å². The van der Waals surface area contributed by atoms with Crippen molar-refractivity contribution < 1.29 is 17.9 Å². The quantitative estimate of drug-likeness (QED) is 0.540. The van der Waals surface area contributed by atoms with Crippen LogP contribution in [0.1, 0.15) is 16.7 Å². The predicted molar refractivity (Wildman–Crippen MR) is 116 cm³/mol. The first kappa shape index (κ1) is 21.7. The minimum absolute atomic E-state index is 0.118. The number of sulfonamides is 1. The van der Waals surface area contributed by atoms with E-state index in [9.17, 15) is 13.2 Å². The van der Waals surface area contributed by atoms with E-state index in [1.807, 2.05) is 43.3 Å². The Labute approximate surface area is 178 Å². The molecule has 0 saturated heterocycles. The van der Waals surface area contributed by atoms with Gasteiger partial charge in [-0.15, -0.1) is 0 Å². The molecule has 3 aromatic carbocycles. The maximum atomic E-state index is 13.6. The van der Waals surface area contributed by atoms with Crippen molar-refractivity contribution in [3.63, 3.8) is 0 Å². The van der Waals surface area contributed by atoms with Gasteiger partial charge in [0.2, 0.25) is 10.0 Å². The number of ether oxygens (including phenoxy) is 1. The molecule has 0 aliphatic heterocycles. The van der Waals surface area contributed by atoms with Gasteiger partial charge in [-0.1, -0.05) is 78.4 Å². The number of hydrogen-bond acceptors (Lipinski definition) is 4. The summed E-state index contributed by atoms with van der Waals surface area (Å²) in [7, 11) is -1.30. The fourth-order valence-corrected chi connectivity index (χ4v) is 5.01. The van der Waals surface area contributed by atoms with E-state index < -0.39 is 21.5 Å². The van der Waals surface area contributed by atoms with Gasteiger partial charge in [0.25, 0.3) is 0 Å². The molecule has 0 saturated carbocycles. The summed E-state index contributed by atoms with van der Waals surface area (Å²) in [6, 6.07) is 24.8. The van der Waals surface area contributed by atoms with Gasteiger partial charge < -0.3 is 4.74 Å². The third-order valence-corrected chi connectivity index (χ3v) is 7.19. The lowest BCUT2D eigenvalue weighted by atomic mass is 9.83. The normalized spacial score (nSPS) is 13.6. The van der Waals surface area contributed by atoms with Crippen LogP contribution in [0.5, 0.6) is 0 Å². The maximum Gasteiger partial charge on any atom is 0.332 e. The summed E-state index contributed by atoms with van der Waals surface area (Å²) in [5.74, 6) is -0.643. The summed E-state index contributed by atoms with van der Waals surface area (Å²) in [4.78, 5) is 13.4. The molecule has 0 spiro atoms. The summed E-state index contributed by atoms with van der Waals surface area (Å²) in [5, 5.41) is 0. The van der Waals surface area contributed by atoms with Crippen LogP contribution in [-0.2, 0) is 31.5 Å². The van der Waals surface area contributed by atoms with Gasteiger partial charge in [-0.2, -0.15) is 4.31 Å². The van der Waals surface area contributed by atoms with Gasteiger partial charge in [0.15, 0.2) is 5.54 Å². The molecule has 3 rings (SSSR count). The highest BCUT2D eigenvalue weighted by Gasteiger charge is 2.50. The van der Waals surface area contributed by atoms with Gasteiger partial charge in [-0.25, -0.2) is 13.2 Å². The molecule has 0 amide bonds. The summed E-state index contributed by atoms with van der Waals surface area (Å²) in [6.45, 7) is 1.89. The Hall–Kier alpha value is -2.96. The second-order valence-corrected chi connectivity index (χ2v) is 9.14.